The predicted molar refractivity (Wildman–Crippen MR) is 113 cm³/mol. The molecule has 0 fully saturated rings. The number of nitrogens with zero attached hydrogens (tertiary/aromatic N) is 1. The van der Waals surface area contributed by atoms with Gasteiger partial charge in [0.05, 0.1) is 25.1 Å². The van der Waals surface area contributed by atoms with E-state index in [4.69, 9.17) is 15.2 Å². The first kappa shape index (κ1) is 19.5. The Kier molecular flexibility index (Phi) is 5.14. The molecule has 0 radical (unpaired) electrons. The molecular weight excluding hydrogens is 380 g/mol. The van der Waals surface area contributed by atoms with Gasteiger partial charge in [-0.25, -0.2) is 4.79 Å². The number of hydrogen-bond donors (Lipinski definition) is 1. The maximum Gasteiger partial charge on any atom is 0.340 e. The summed E-state index contributed by atoms with van der Waals surface area (Å²) in [4.78, 5) is 26.2. The van der Waals surface area contributed by atoms with Crippen molar-refractivity contribution in [3.05, 3.63) is 111 Å². The maximum atomic E-state index is 13.7. The molecule has 1 aromatic heterocycles. The highest BCUT2D eigenvalue weighted by molar-refractivity contribution is 5.92. The zero-order valence-electron chi connectivity index (χ0n) is 16.8. The number of pyridine rings is 1. The molecule has 1 aliphatic rings. The van der Waals surface area contributed by atoms with Gasteiger partial charge in [-0.05, 0) is 18.1 Å². The van der Waals surface area contributed by atoms with Gasteiger partial charge >= 0.3 is 5.97 Å². The van der Waals surface area contributed by atoms with E-state index >= 15 is 0 Å². The fourth-order valence-corrected chi connectivity index (χ4v) is 3.84. The van der Waals surface area contributed by atoms with E-state index in [2.05, 4.69) is 0 Å². The monoisotopic (exact) mass is 402 g/mol. The van der Waals surface area contributed by atoms with E-state index in [1.54, 1.807) is 10.6 Å². The largest absolute Gasteiger partial charge is 0.465 e. The van der Waals surface area contributed by atoms with Crippen LogP contribution in [0.3, 0.4) is 0 Å². The van der Waals surface area contributed by atoms with Crippen molar-refractivity contribution in [2.75, 3.05) is 7.11 Å². The Morgan fingerprint density at radius 1 is 1.10 bits per heavy atom. The number of methoxy groups -OCH3 is 1. The number of aromatic nitrogens is 1. The van der Waals surface area contributed by atoms with Gasteiger partial charge in [0, 0.05) is 11.8 Å². The molecule has 0 saturated heterocycles. The first-order valence-electron chi connectivity index (χ1n) is 9.60. The normalized spacial score (nSPS) is 15.3. The summed E-state index contributed by atoms with van der Waals surface area (Å²) in [5.74, 6) is -0.997. The molecule has 0 bridgehead atoms. The fraction of sp³-hybridized carbons (Fsp3) is 0.167. The second-order valence-corrected chi connectivity index (χ2v) is 7.16. The van der Waals surface area contributed by atoms with Crippen molar-refractivity contribution in [3.8, 4) is 5.75 Å². The highest BCUT2D eigenvalue weighted by atomic mass is 16.5. The molecule has 0 saturated carbocycles. The van der Waals surface area contributed by atoms with Gasteiger partial charge in [0.2, 0.25) is 5.88 Å². The van der Waals surface area contributed by atoms with Crippen LogP contribution in [0, 0.1) is 6.92 Å². The molecule has 152 valence electrons. The Hall–Kier alpha value is -3.80. The summed E-state index contributed by atoms with van der Waals surface area (Å²) in [5.41, 5.74) is 8.88. The van der Waals surface area contributed by atoms with E-state index < -0.39 is 11.9 Å². The van der Waals surface area contributed by atoms with Crippen molar-refractivity contribution in [3.63, 3.8) is 0 Å². The molecule has 2 aromatic carbocycles. The Bertz CT molecular complexity index is 1180. The lowest BCUT2D eigenvalue weighted by molar-refractivity contribution is -0.136. The van der Waals surface area contributed by atoms with Crippen LogP contribution >= 0.6 is 0 Å². The third kappa shape index (κ3) is 3.37. The van der Waals surface area contributed by atoms with Crippen molar-refractivity contribution in [1.82, 2.24) is 4.57 Å². The summed E-state index contributed by atoms with van der Waals surface area (Å²) < 4.78 is 12.4. The third-order valence-electron chi connectivity index (χ3n) is 5.29. The summed E-state index contributed by atoms with van der Waals surface area (Å²) in [7, 11) is 1.28. The lowest BCUT2D eigenvalue weighted by atomic mass is 9.83. The Morgan fingerprint density at radius 3 is 2.37 bits per heavy atom. The molecule has 0 amide bonds. The SMILES string of the molecule is COC(=O)C1=C(N)Oc2cc(C)n(Cc3ccccc3)c(=O)c2[C@@H]1c1ccccc1. The number of aryl methyl sites for hydroxylation is 1. The van der Waals surface area contributed by atoms with Crippen LogP contribution in [0.15, 0.2) is 83.0 Å². The lowest BCUT2D eigenvalue weighted by Gasteiger charge is -2.29. The summed E-state index contributed by atoms with van der Waals surface area (Å²) in [6.07, 6.45) is 0. The molecule has 0 unspecified atom stereocenters. The standard InChI is InChI=1S/C24H22N2O4/c1-15-13-18-20(23(27)26(15)14-16-9-5-3-6-10-16)19(17-11-7-4-8-12-17)21(22(25)30-18)24(28)29-2/h3-13,19H,14,25H2,1-2H3/t19-/m0/s1. The van der Waals surface area contributed by atoms with Gasteiger partial charge in [0.25, 0.3) is 5.56 Å². The summed E-state index contributed by atoms with van der Waals surface area (Å²) >= 11 is 0. The molecule has 1 atom stereocenters. The molecule has 2 heterocycles. The first-order valence-corrected chi connectivity index (χ1v) is 9.60. The van der Waals surface area contributed by atoms with Crippen LogP contribution in [0.2, 0.25) is 0 Å². The Morgan fingerprint density at radius 2 is 1.73 bits per heavy atom. The molecule has 4 rings (SSSR count). The molecule has 2 N–H and O–H groups in total. The number of rotatable bonds is 4. The van der Waals surface area contributed by atoms with Crippen LogP contribution in [-0.4, -0.2) is 17.6 Å². The number of hydrogen-bond acceptors (Lipinski definition) is 5. The summed E-state index contributed by atoms with van der Waals surface area (Å²) in [6, 6.07) is 20.8. The molecule has 0 aliphatic carbocycles. The van der Waals surface area contributed by atoms with Crippen LogP contribution in [0.5, 0.6) is 5.75 Å². The Labute approximate surface area is 174 Å². The van der Waals surface area contributed by atoms with E-state index in [0.29, 0.717) is 17.9 Å². The van der Waals surface area contributed by atoms with Gasteiger partial charge in [-0.15, -0.1) is 0 Å². The minimum absolute atomic E-state index is 0.0530. The molecule has 0 spiro atoms. The van der Waals surface area contributed by atoms with Gasteiger partial charge in [-0.1, -0.05) is 60.7 Å². The van der Waals surface area contributed by atoms with Crippen molar-refractivity contribution in [2.45, 2.75) is 19.4 Å². The Balaban J connectivity index is 1.94. The minimum Gasteiger partial charge on any atom is -0.465 e. The number of carbonyl (C=O) groups is 1. The topological polar surface area (TPSA) is 83.5 Å². The van der Waals surface area contributed by atoms with Gasteiger partial charge in [0.15, 0.2) is 0 Å². The number of carbonyl (C=O) groups excluding carboxylic acids is 1. The predicted octanol–water partition coefficient (Wildman–Crippen LogP) is 3.07. The van der Waals surface area contributed by atoms with Gasteiger partial charge in [-0.3, -0.25) is 4.79 Å². The van der Waals surface area contributed by atoms with Crippen molar-refractivity contribution >= 4 is 5.97 Å². The van der Waals surface area contributed by atoms with E-state index in [1.807, 2.05) is 67.6 Å². The highest BCUT2D eigenvalue weighted by Crippen LogP contribution is 2.41. The van der Waals surface area contributed by atoms with Crippen LogP contribution < -0.4 is 16.0 Å². The van der Waals surface area contributed by atoms with Crippen molar-refractivity contribution in [2.24, 2.45) is 5.73 Å². The van der Waals surface area contributed by atoms with Gasteiger partial charge in [-0.2, -0.15) is 0 Å². The lowest BCUT2D eigenvalue weighted by Crippen LogP contribution is -2.35. The first-order chi connectivity index (χ1) is 14.5. The van der Waals surface area contributed by atoms with E-state index in [9.17, 15) is 9.59 Å². The average molecular weight is 402 g/mol. The quantitative estimate of drug-likeness (QED) is 0.678. The highest BCUT2D eigenvalue weighted by Gasteiger charge is 2.38. The second kappa shape index (κ2) is 7.91. The second-order valence-electron chi connectivity index (χ2n) is 7.16. The van der Waals surface area contributed by atoms with Crippen molar-refractivity contribution < 1.29 is 14.3 Å². The molecular formula is C24H22N2O4. The maximum absolute atomic E-state index is 13.7. The van der Waals surface area contributed by atoms with Gasteiger partial charge < -0.3 is 19.8 Å². The van der Waals surface area contributed by atoms with E-state index in [0.717, 1.165) is 16.8 Å². The molecule has 6 heteroatoms. The zero-order chi connectivity index (χ0) is 21.3. The fourth-order valence-electron chi connectivity index (χ4n) is 3.84. The van der Waals surface area contributed by atoms with E-state index in [-0.39, 0.29) is 17.0 Å². The molecule has 30 heavy (non-hydrogen) atoms. The van der Waals surface area contributed by atoms with Crippen LogP contribution in [0.4, 0.5) is 0 Å². The number of fused-ring (bicyclic) bond motifs is 1. The van der Waals surface area contributed by atoms with Crippen LogP contribution in [0.25, 0.3) is 0 Å². The number of nitrogens with two attached hydrogens (primary N) is 1. The van der Waals surface area contributed by atoms with Crippen molar-refractivity contribution in [1.29, 1.82) is 0 Å². The number of ether oxygens (including phenoxy) is 2. The third-order valence-corrected chi connectivity index (χ3v) is 5.29. The molecule has 6 nitrogen and oxygen atoms in total. The molecule has 1 aliphatic heterocycles. The number of benzene rings is 2. The molecule has 3 aromatic rings. The van der Waals surface area contributed by atoms with Gasteiger partial charge in [0.1, 0.15) is 11.3 Å². The smallest absolute Gasteiger partial charge is 0.340 e. The average Bonchev–Trinajstić information content (AvgIpc) is 2.76. The minimum atomic E-state index is -0.683. The van der Waals surface area contributed by atoms with E-state index in [1.165, 1.54) is 7.11 Å². The zero-order valence-corrected chi connectivity index (χ0v) is 16.8. The summed E-state index contributed by atoms with van der Waals surface area (Å²) in [6.45, 7) is 2.26. The van der Waals surface area contributed by atoms with Crippen LogP contribution in [-0.2, 0) is 16.1 Å². The number of esters is 1. The van der Waals surface area contributed by atoms with Crippen LogP contribution in [0.1, 0.15) is 28.3 Å². The summed E-state index contributed by atoms with van der Waals surface area (Å²) in [5, 5.41) is 0.